The van der Waals surface area contributed by atoms with E-state index in [2.05, 4.69) is 0 Å². The van der Waals surface area contributed by atoms with E-state index in [0.717, 1.165) is 0 Å². The normalized spacial score (nSPS) is 14.1. The van der Waals surface area contributed by atoms with Gasteiger partial charge in [0.05, 0.1) is 6.61 Å². The van der Waals surface area contributed by atoms with Crippen molar-refractivity contribution in [1.29, 1.82) is 0 Å². The predicted molar refractivity (Wildman–Crippen MR) is 43.1 cm³/mol. The van der Waals surface area contributed by atoms with Gasteiger partial charge in [0.2, 0.25) is 0 Å². The first kappa shape index (κ1) is 10.6. The van der Waals surface area contributed by atoms with Crippen LogP contribution in [0.5, 0.6) is 0 Å². The van der Waals surface area contributed by atoms with Gasteiger partial charge in [-0.25, -0.2) is 0 Å². The average Bonchev–Trinajstić information content (AvgIpc) is 2.01. The second-order valence-corrected chi connectivity index (χ2v) is 2.22. The maximum Gasteiger partial charge on any atom is 0.155 e. The molecule has 11 heavy (non-hydrogen) atoms. The van der Waals surface area contributed by atoms with Crippen molar-refractivity contribution >= 4 is 0 Å². The van der Waals surface area contributed by atoms with Crippen LogP contribution in [0.3, 0.4) is 0 Å². The van der Waals surface area contributed by atoms with E-state index in [-0.39, 0.29) is 6.61 Å². The van der Waals surface area contributed by atoms with Crippen LogP contribution in [0.15, 0.2) is 12.2 Å². The third-order valence-electron chi connectivity index (χ3n) is 1.23. The van der Waals surface area contributed by atoms with Crippen molar-refractivity contribution < 1.29 is 14.9 Å². The van der Waals surface area contributed by atoms with Crippen LogP contribution < -0.4 is 0 Å². The standard InChI is InChI=1S/C8H16O3/c1-2-3-7-11-8(10)5-4-6-9/h2-3,8-10H,4-7H2,1H3/b3-2+. The highest BCUT2D eigenvalue weighted by Crippen LogP contribution is 1.97. The molecule has 0 saturated heterocycles. The van der Waals surface area contributed by atoms with E-state index >= 15 is 0 Å². The molecule has 0 aliphatic carbocycles. The van der Waals surface area contributed by atoms with Crippen molar-refractivity contribution in [3.8, 4) is 0 Å². The molecular formula is C8H16O3. The topological polar surface area (TPSA) is 49.7 Å². The quantitative estimate of drug-likeness (QED) is 0.443. The highest BCUT2D eigenvalue weighted by Gasteiger charge is 2.00. The Bertz CT molecular complexity index is 102. The Kier molecular flexibility index (Phi) is 7.46. The van der Waals surface area contributed by atoms with Crippen LogP contribution in [0, 0.1) is 0 Å². The Labute approximate surface area is 67.3 Å². The SMILES string of the molecule is C/C=C/COC(O)CCCO. The fourth-order valence-corrected chi connectivity index (χ4v) is 0.612. The zero-order chi connectivity index (χ0) is 8.53. The largest absolute Gasteiger partial charge is 0.396 e. The highest BCUT2D eigenvalue weighted by molar-refractivity contribution is 4.75. The lowest BCUT2D eigenvalue weighted by Crippen LogP contribution is -2.12. The lowest BCUT2D eigenvalue weighted by atomic mass is 10.3. The summed E-state index contributed by atoms with van der Waals surface area (Å²) in [7, 11) is 0. The van der Waals surface area contributed by atoms with Crippen LogP contribution in [-0.4, -0.2) is 29.7 Å². The maximum absolute atomic E-state index is 9.04. The van der Waals surface area contributed by atoms with Gasteiger partial charge < -0.3 is 14.9 Å². The molecule has 2 N–H and O–H groups in total. The summed E-state index contributed by atoms with van der Waals surface area (Å²) in [4.78, 5) is 0. The van der Waals surface area contributed by atoms with Crippen LogP contribution in [0.1, 0.15) is 19.8 Å². The highest BCUT2D eigenvalue weighted by atomic mass is 16.6. The van der Waals surface area contributed by atoms with Crippen molar-refractivity contribution in [1.82, 2.24) is 0 Å². The van der Waals surface area contributed by atoms with Crippen molar-refractivity contribution in [2.45, 2.75) is 26.1 Å². The summed E-state index contributed by atoms with van der Waals surface area (Å²) in [5, 5.41) is 17.4. The zero-order valence-electron chi connectivity index (χ0n) is 6.86. The summed E-state index contributed by atoms with van der Waals surface area (Å²) in [5.74, 6) is 0. The lowest BCUT2D eigenvalue weighted by molar-refractivity contribution is -0.0950. The third-order valence-corrected chi connectivity index (χ3v) is 1.23. The summed E-state index contributed by atoms with van der Waals surface area (Å²) >= 11 is 0. The molecule has 0 aromatic carbocycles. The van der Waals surface area contributed by atoms with Crippen molar-refractivity contribution in [2.24, 2.45) is 0 Å². The second-order valence-electron chi connectivity index (χ2n) is 2.22. The van der Waals surface area contributed by atoms with Crippen molar-refractivity contribution in [3.63, 3.8) is 0 Å². The second kappa shape index (κ2) is 7.72. The fraction of sp³-hybridized carbons (Fsp3) is 0.750. The molecule has 0 heterocycles. The maximum atomic E-state index is 9.04. The molecule has 0 aromatic heterocycles. The first-order valence-electron chi connectivity index (χ1n) is 3.83. The molecule has 0 aliphatic heterocycles. The van der Waals surface area contributed by atoms with Gasteiger partial charge >= 0.3 is 0 Å². The molecule has 0 radical (unpaired) electrons. The summed E-state index contributed by atoms with van der Waals surface area (Å²) < 4.78 is 4.94. The first-order valence-corrected chi connectivity index (χ1v) is 3.83. The Hall–Kier alpha value is -0.380. The third kappa shape index (κ3) is 7.52. The molecule has 0 amide bonds. The minimum absolute atomic E-state index is 0.101. The van der Waals surface area contributed by atoms with Gasteiger partial charge in [0.25, 0.3) is 0 Å². The van der Waals surface area contributed by atoms with Gasteiger partial charge in [-0.3, -0.25) is 0 Å². The van der Waals surface area contributed by atoms with Crippen molar-refractivity contribution in [2.75, 3.05) is 13.2 Å². The minimum atomic E-state index is -0.738. The van der Waals surface area contributed by atoms with Crippen LogP contribution in [0.25, 0.3) is 0 Å². The molecule has 1 atom stereocenters. The molecule has 0 saturated carbocycles. The minimum Gasteiger partial charge on any atom is -0.396 e. The Morgan fingerprint density at radius 1 is 1.55 bits per heavy atom. The van der Waals surface area contributed by atoms with Gasteiger partial charge in [0.1, 0.15) is 0 Å². The van der Waals surface area contributed by atoms with Gasteiger partial charge in [-0.15, -0.1) is 0 Å². The molecule has 0 spiro atoms. The molecule has 66 valence electrons. The monoisotopic (exact) mass is 160 g/mol. The Morgan fingerprint density at radius 3 is 2.82 bits per heavy atom. The van der Waals surface area contributed by atoms with Crippen LogP contribution >= 0.6 is 0 Å². The van der Waals surface area contributed by atoms with Crippen LogP contribution in [0.4, 0.5) is 0 Å². The van der Waals surface area contributed by atoms with Gasteiger partial charge in [0.15, 0.2) is 6.29 Å². The number of allylic oxidation sites excluding steroid dienone is 1. The van der Waals surface area contributed by atoms with Gasteiger partial charge in [-0.2, -0.15) is 0 Å². The molecule has 0 fully saturated rings. The summed E-state index contributed by atoms with van der Waals surface area (Å²) in [6.07, 6.45) is 4.02. The lowest BCUT2D eigenvalue weighted by Gasteiger charge is -2.08. The summed E-state index contributed by atoms with van der Waals surface area (Å²) in [6.45, 7) is 2.43. The number of hydrogen-bond acceptors (Lipinski definition) is 3. The molecule has 3 nitrogen and oxygen atoms in total. The van der Waals surface area contributed by atoms with Crippen molar-refractivity contribution in [3.05, 3.63) is 12.2 Å². The van der Waals surface area contributed by atoms with E-state index in [1.165, 1.54) is 0 Å². The Balaban J connectivity index is 3.15. The van der Waals surface area contributed by atoms with Crippen LogP contribution in [0.2, 0.25) is 0 Å². The van der Waals surface area contributed by atoms with E-state index in [4.69, 9.17) is 14.9 Å². The molecular weight excluding hydrogens is 144 g/mol. The summed E-state index contributed by atoms with van der Waals surface area (Å²) in [6, 6.07) is 0. The first-order chi connectivity index (χ1) is 5.31. The molecule has 0 aromatic rings. The number of hydrogen-bond donors (Lipinski definition) is 2. The number of aliphatic hydroxyl groups is 2. The Morgan fingerprint density at radius 2 is 2.27 bits per heavy atom. The summed E-state index contributed by atoms with van der Waals surface area (Å²) in [5.41, 5.74) is 0. The van der Waals surface area contributed by atoms with Crippen LogP contribution in [-0.2, 0) is 4.74 Å². The smallest absolute Gasteiger partial charge is 0.155 e. The van der Waals surface area contributed by atoms with E-state index in [1.54, 1.807) is 0 Å². The van der Waals surface area contributed by atoms with Gasteiger partial charge in [-0.05, 0) is 13.3 Å². The molecule has 3 heteroatoms. The van der Waals surface area contributed by atoms with E-state index in [9.17, 15) is 0 Å². The zero-order valence-corrected chi connectivity index (χ0v) is 6.86. The molecule has 0 rings (SSSR count). The van der Waals surface area contributed by atoms with E-state index < -0.39 is 6.29 Å². The van der Waals surface area contributed by atoms with E-state index in [0.29, 0.717) is 19.4 Å². The number of aliphatic hydroxyl groups excluding tert-OH is 2. The fourth-order valence-electron chi connectivity index (χ4n) is 0.612. The molecule has 0 aliphatic rings. The predicted octanol–water partition coefficient (Wildman–Crippen LogP) is 0.670. The van der Waals surface area contributed by atoms with E-state index in [1.807, 2.05) is 19.1 Å². The average molecular weight is 160 g/mol. The number of rotatable bonds is 6. The number of ether oxygens (including phenoxy) is 1. The molecule has 1 unspecified atom stereocenters. The van der Waals surface area contributed by atoms with Gasteiger partial charge in [0, 0.05) is 13.0 Å². The van der Waals surface area contributed by atoms with Gasteiger partial charge in [-0.1, -0.05) is 12.2 Å². The molecule has 0 bridgehead atoms.